The first-order chi connectivity index (χ1) is 9.92. The summed E-state index contributed by atoms with van der Waals surface area (Å²) in [6, 6.07) is 12.1. The van der Waals surface area contributed by atoms with Crippen LogP contribution in [0.15, 0.2) is 51.8 Å². The molecule has 0 radical (unpaired) electrons. The lowest BCUT2D eigenvalue weighted by Gasteiger charge is -2.11. The van der Waals surface area contributed by atoms with Crippen LogP contribution in [0.1, 0.15) is 12.5 Å². The van der Waals surface area contributed by atoms with E-state index in [1.165, 1.54) is 0 Å². The molecule has 2 aromatic carbocycles. The molecule has 0 unspecified atom stereocenters. The molecular formula is C15H17BrN2O2S. The summed E-state index contributed by atoms with van der Waals surface area (Å²) in [5.74, 6) is 0. The highest BCUT2D eigenvalue weighted by Gasteiger charge is 2.15. The number of hydrogen-bond donors (Lipinski definition) is 2. The molecule has 0 aliphatic rings. The van der Waals surface area contributed by atoms with Crippen LogP contribution in [-0.2, 0) is 10.0 Å². The van der Waals surface area contributed by atoms with Crippen molar-refractivity contribution in [2.75, 3.05) is 16.6 Å². The summed E-state index contributed by atoms with van der Waals surface area (Å²) >= 11 is 3.36. The Morgan fingerprint density at radius 1 is 1.10 bits per heavy atom. The molecule has 0 spiro atoms. The van der Waals surface area contributed by atoms with E-state index in [0.717, 1.165) is 22.3 Å². The number of nitrogens with one attached hydrogen (secondary N) is 2. The topological polar surface area (TPSA) is 58.2 Å². The van der Waals surface area contributed by atoms with E-state index in [1.54, 1.807) is 36.4 Å². The Labute approximate surface area is 133 Å². The minimum absolute atomic E-state index is 0.242. The molecule has 0 aliphatic carbocycles. The first kappa shape index (κ1) is 15.9. The normalized spacial score (nSPS) is 11.2. The SMILES string of the molecule is CCNc1ccc(S(=O)(=O)Nc2ccc(Br)cc2C)cc1. The van der Waals surface area contributed by atoms with Gasteiger partial charge in [-0.05, 0) is 61.9 Å². The molecule has 2 aromatic rings. The van der Waals surface area contributed by atoms with Gasteiger partial charge in [0, 0.05) is 16.7 Å². The predicted octanol–water partition coefficient (Wildman–Crippen LogP) is 3.99. The largest absolute Gasteiger partial charge is 0.385 e. The molecule has 6 heteroatoms. The Kier molecular flexibility index (Phi) is 4.90. The lowest BCUT2D eigenvalue weighted by atomic mass is 10.2. The molecule has 0 saturated heterocycles. The second kappa shape index (κ2) is 6.49. The van der Waals surface area contributed by atoms with E-state index >= 15 is 0 Å². The zero-order valence-electron chi connectivity index (χ0n) is 11.9. The predicted molar refractivity (Wildman–Crippen MR) is 90.3 cm³/mol. The number of aryl methyl sites for hydroxylation is 1. The van der Waals surface area contributed by atoms with Crippen LogP contribution in [-0.4, -0.2) is 15.0 Å². The quantitative estimate of drug-likeness (QED) is 0.838. The van der Waals surface area contributed by atoms with Gasteiger partial charge < -0.3 is 5.32 Å². The molecule has 0 bridgehead atoms. The highest BCUT2D eigenvalue weighted by molar-refractivity contribution is 9.10. The number of halogens is 1. The third-order valence-electron chi connectivity index (χ3n) is 2.98. The van der Waals surface area contributed by atoms with Crippen molar-refractivity contribution in [1.29, 1.82) is 0 Å². The van der Waals surface area contributed by atoms with Crippen LogP contribution < -0.4 is 10.0 Å². The number of sulfonamides is 1. The zero-order chi connectivity index (χ0) is 15.5. The maximum absolute atomic E-state index is 12.4. The Balaban J connectivity index is 2.25. The summed E-state index contributed by atoms with van der Waals surface area (Å²) in [4.78, 5) is 0.242. The van der Waals surface area contributed by atoms with E-state index < -0.39 is 10.0 Å². The van der Waals surface area contributed by atoms with E-state index in [2.05, 4.69) is 26.0 Å². The fraction of sp³-hybridized carbons (Fsp3) is 0.200. The lowest BCUT2D eigenvalue weighted by Crippen LogP contribution is -2.13. The summed E-state index contributed by atoms with van der Waals surface area (Å²) in [5.41, 5.74) is 2.34. The molecule has 2 N–H and O–H groups in total. The van der Waals surface area contributed by atoms with Crippen molar-refractivity contribution < 1.29 is 8.42 Å². The van der Waals surface area contributed by atoms with Crippen LogP contribution in [0.25, 0.3) is 0 Å². The summed E-state index contributed by atoms with van der Waals surface area (Å²) < 4.78 is 28.3. The van der Waals surface area contributed by atoms with E-state index in [9.17, 15) is 8.42 Å². The Hall–Kier alpha value is -1.53. The zero-order valence-corrected chi connectivity index (χ0v) is 14.3. The first-order valence-electron chi connectivity index (χ1n) is 6.55. The summed E-state index contributed by atoms with van der Waals surface area (Å²) in [7, 11) is -3.57. The van der Waals surface area contributed by atoms with Gasteiger partial charge >= 0.3 is 0 Å². The third kappa shape index (κ3) is 3.98. The fourth-order valence-corrected chi connectivity index (χ4v) is 3.51. The molecule has 4 nitrogen and oxygen atoms in total. The van der Waals surface area contributed by atoms with E-state index in [-0.39, 0.29) is 4.90 Å². The molecule has 0 saturated carbocycles. The minimum atomic E-state index is -3.57. The molecule has 0 heterocycles. The van der Waals surface area contributed by atoms with Crippen molar-refractivity contribution in [3.63, 3.8) is 0 Å². The van der Waals surface area contributed by atoms with Gasteiger partial charge in [0.05, 0.1) is 10.6 Å². The number of hydrogen-bond acceptors (Lipinski definition) is 3. The molecule has 0 fully saturated rings. The molecule has 112 valence electrons. The average Bonchev–Trinajstić information content (AvgIpc) is 2.43. The first-order valence-corrected chi connectivity index (χ1v) is 8.83. The van der Waals surface area contributed by atoms with Crippen LogP contribution in [0.2, 0.25) is 0 Å². The van der Waals surface area contributed by atoms with Gasteiger partial charge in [0.25, 0.3) is 10.0 Å². The molecule has 0 aromatic heterocycles. The Morgan fingerprint density at radius 3 is 2.33 bits per heavy atom. The standard InChI is InChI=1S/C15H17BrN2O2S/c1-3-17-13-5-7-14(8-6-13)21(19,20)18-15-9-4-12(16)10-11(15)2/h4-10,17-18H,3H2,1-2H3. The van der Waals surface area contributed by atoms with Crippen molar-refractivity contribution in [1.82, 2.24) is 0 Å². The summed E-state index contributed by atoms with van der Waals surface area (Å²) in [5, 5.41) is 3.13. The van der Waals surface area contributed by atoms with Crippen LogP contribution >= 0.6 is 15.9 Å². The van der Waals surface area contributed by atoms with Gasteiger partial charge in [-0.15, -0.1) is 0 Å². The van der Waals surface area contributed by atoms with Crippen molar-refractivity contribution >= 4 is 37.3 Å². The minimum Gasteiger partial charge on any atom is -0.385 e. The van der Waals surface area contributed by atoms with Crippen LogP contribution in [0.5, 0.6) is 0 Å². The lowest BCUT2D eigenvalue weighted by molar-refractivity contribution is 0.601. The highest BCUT2D eigenvalue weighted by atomic mass is 79.9. The summed E-state index contributed by atoms with van der Waals surface area (Å²) in [6.45, 7) is 4.64. The van der Waals surface area contributed by atoms with Crippen LogP contribution in [0.4, 0.5) is 11.4 Å². The van der Waals surface area contributed by atoms with Gasteiger partial charge in [0.2, 0.25) is 0 Å². The molecule has 21 heavy (non-hydrogen) atoms. The van der Waals surface area contributed by atoms with Gasteiger partial charge in [-0.3, -0.25) is 4.72 Å². The van der Waals surface area contributed by atoms with Gasteiger partial charge in [-0.2, -0.15) is 0 Å². The maximum atomic E-state index is 12.4. The van der Waals surface area contributed by atoms with Gasteiger partial charge in [-0.1, -0.05) is 15.9 Å². The second-order valence-corrected chi connectivity index (χ2v) is 7.22. The van der Waals surface area contributed by atoms with E-state index in [0.29, 0.717) is 5.69 Å². The van der Waals surface area contributed by atoms with E-state index in [1.807, 2.05) is 19.9 Å². The Morgan fingerprint density at radius 2 is 1.76 bits per heavy atom. The number of benzene rings is 2. The van der Waals surface area contributed by atoms with Gasteiger partial charge in [0.1, 0.15) is 0 Å². The number of rotatable bonds is 5. The van der Waals surface area contributed by atoms with Crippen LogP contribution in [0, 0.1) is 6.92 Å². The maximum Gasteiger partial charge on any atom is 0.261 e. The van der Waals surface area contributed by atoms with Crippen LogP contribution in [0.3, 0.4) is 0 Å². The average molecular weight is 369 g/mol. The van der Waals surface area contributed by atoms with Crippen molar-refractivity contribution in [3.05, 3.63) is 52.5 Å². The smallest absolute Gasteiger partial charge is 0.261 e. The molecule has 2 rings (SSSR count). The molecule has 0 atom stereocenters. The van der Waals surface area contributed by atoms with Crippen molar-refractivity contribution in [2.45, 2.75) is 18.7 Å². The summed E-state index contributed by atoms with van der Waals surface area (Å²) in [6.07, 6.45) is 0. The van der Waals surface area contributed by atoms with Crippen molar-refractivity contribution in [2.24, 2.45) is 0 Å². The monoisotopic (exact) mass is 368 g/mol. The third-order valence-corrected chi connectivity index (χ3v) is 4.85. The molecule has 0 amide bonds. The molecule has 0 aliphatic heterocycles. The van der Waals surface area contributed by atoms with Gasteiger partial charge in [-0.25, -0.2) is 8.42 Å². The highest BCUT2D eigenvalue weighted by Crippen LogP contribution is 2.23. The van der Waals surface area contributed by atoms with E-state index in [4.69, 9.17) is 0 Å². The molecular weight excluding hydrogens is 352 g/mol. The Bertz CT molecular complexity index is 728. The van der Waals surface area contributed by atoms with Crippen molar-refractivity contribution in [3.8, 4) is 0 Å². The second-order valence-electron chi connectivity index (χ2n) is 4.62. The fourth-order valence-electron chi connectivity index (χ4n) is 1.90. The van der Waals surface area contributed by atoms with Gasteiger partial charge in [0.15, 0.2) is 0 Å². The number of anilines is 2.